The first-order chi connectivity index (χ1) is 5.93. The molecule has 3 unspecified atom stereocenters. The molecule has 2 aliphatic carbocycles. The maximum absolute atomic E-state index is 2.50. The number of hydrogen-bond donors (Lipinski definition) is 0. The zero-order chi connectivity index (χ0) is 9.69. The van der Waals surface area contributed by atoms with Gasteiger partial charge in [0.15, 0.2) is 0 Å². The first-order valence-corrected chi connectivity index (χ1v) is 5.63. The maximum Gasteiger partial charge on any atom is -0.0108 e. The molecule has 1 saturated carbocycles. The predicted octanol–water partition coefficient (Wildman–Crippen LogP) is 4.02. The highest BCUT2D eigenvalue weighted by molar-refractivity contribution is 5.17. The van der Waals surface area contributed by atoms with Gasteiger partial charge in [-0.3, -0.25) is 0 Å². The molecule has 2 rings (SSSR count). The van der Waals surface area contributed by atoms with Gasteiger partial charge in [-0.25, -0.2) is 0 Å². The molecule has 0 heterocycles. The van der Waals surface area contributed by atoms with Crippen LogP contribution in [0.3, 0.4) is 0 Å². The molecule has 0 amide bonds. The predicted molar refractivity (Wildman–Crippen MR) is 57.5 cm³/mol. The van der Waals surface area contributed by atoms with E-state index in [1.165, 1.54) is 19.3 Å². The van der Waals surface area contributed by atoms with Crippen LogP contribution >= 0.6 is 0 Å². The highest BCUT2D eigenvalue weighted by Crippen LogP contribution is 2.57. The lowest BCUT2D eigenvalue weighted by Gasteiger charge is -2.46. The average molecular weight is 178 g/mol. The standard InChI is InChI=1S/C13H22/c1-12(2,3)11-10-6-5-8-13(11,4)9-7-10/h7,9-11H,5-6,8H2,1-4H3. The molecular formula is C13H22. The molecule has 0 aliphatic heterocycles. The summed E-state index contributed by atoms with van der Waals surface area (Å²) in [5.74, 6) is 1.76. The summed E-state index contributed by atoms with van der Waals surface area (Å²) in [6.07, 6.45) is 9.25. The first-order valence-electron chi connectivity index (χ1n) is 5.63. The van der Waals surface area contributed by atoms with E-state index in [9.17, 15) is 0 Å². The Hall–Kier alpha value is -0.260. The van der Waals surface area contributed by atoms with E-state index in [4.69, 9.17) is 0 Å². The third kappa shape index (κ3) is 1.35. The van der Waals surface area contributed by atoms with E-state index in [1.54, 1.807) is 0 Å². The van der Waals surface area contributed by atoms with Crippen LogP contribution in [0.1, 0.15) is 47.0 Å². The number of fused-ring (bicyclic) bond motifs is 2. The minimum atomic E-state index is 0.476. The summed E-state index contributed by atoms with van der Waals surface area (Å²) >= 11 is 0. The molecular weight excluding hydrogens is 156 g/mol. The molecule has 0 N–H and O–H groups in total. The fourth-order valence-electron chi connectivity index (χ4n) is 3.90. The molecule has 2 bridgehead atoms. The summed E-state index contributed by atoms with van der Waals surface area (Å²) in [5, 5.41) is 0. The Bertz CT molecular complexity index is 231. The van der Waals surface area contributed by atoms with Crippen molar-refractivity contribution in [3.05, 3.63) is 12.2 Å². The Morgan fingerprint density at radius 1 is 1.31 bits per heavy atom. The van der Waals surface area contributed by atoms with Gasteiger partial charge in [0.1, 0.15) is 0 Å². The fraction of sp³-hybridized carbons (Fsp3) is 0.846. The van der Waals surface area contributed by atoms with Crippen LogP contribution in [0, 0.1) is 22.7 Å². The van der Waals surface area contributed by atoms with Gasteiger partial charge in [0.2, 0.25) is 0 Å². The van der Waals surface area contributed by atoms with E-state index >= 15 is 0 Å². The van der Waals surface area contributed by atoms with Crippen LogP contribution in [0.2, 0.25) is 0 Å². The zero-order valence-electron chi connectivity index (χ0n) is 9.43. The molecule has 0 heteroatoms. The minimum Gasteiger partial charge on any atom is -0.0845 e. The first kappa shape index (κ1) is 9.30. The largest absolute Gasteiger partial charge is 0.0845 e. The Kier molecular flexibility index (Phi) is 1.87. The quantitative estimate of drug-likeness (QED) is 0.491. The van der Waals surface area contributed by atoms with Gasteiger partial charge < -0.3 is 0 Å². The summed E-state index contributed by atoms with van der Waals surface area (Å²) in [6.45, 7) is 9.67. The van der Waals surface area contributed by atoms with Crippen molar-refractivity contribution in [1.82, 2.24) is 0 Å². The Balaban J connectivity index is 2.31. The van der Waals surface area contributed by atoms with Gasteiger partial charge in [-0.05, 0) is 35.5 Å². The van der Waals surface area contributed by atoms with E-state index in [0.29, 0.717) is 10.8 Å². The van der Waals surface area contributed by atoms with Gasteiger partial charge in [0.25, 0.3) is 0 Å². The Labute approximate surface area is 82.4 Å². The van der Waals surface area contributed by atoms with Crippen LogP contribution in [-0.4, -0.2) is 0 Å². The van der Waals surface area contributed by atoms with Crippen molar-refractivity contribution in [3.63, 3.8) is 0 Å². The van der Waals surface area contributed by atoms with Gasteiger partial charge in [-0.2, -0.15) is 0 Å². The van der Waals surface area contributed by atoms with Crippen molar-refractivity contribution in [2.45, 2.75) is 47.0 Å². The summed E-state index contributed by atoms with van der Waals surface area (Å²) in [6, 6.07) is 0. The summed E-state index contributed by atoms with van der Waals surface area (Å²) in [4.78, 5) is 0. The average Bonchev–Trinajstić information content (AvgIpc) is 2.18. The van der Waals surface area contributed by atoms with Crippen molar-refractivity contribution in [2.24, 2.45) is 22.7 Å². The van der Waals surface area contributed by atoms with Crippen LogP contribution in [-0.2, 0) is 0 Å². The second-order valence-electron chi connectivity index (χ2n) is 6.26. The van der Waals surface area contributed by atoms with E-state index in [0.717, 1.165) is 11.8 Å². The lowest BCUT2D eigenvalue weighted by Crippen LogP contribution is -2.39. The Morgan fingerprint density at radius 2 is 2.00 bits per heavy atom. The molecule has 0 aromatic rings. The Morgan fingerprint density at radius 3 is 2.46 bits per heavy atom. The van der Waals surface area contributed by atoms with Gasteiger partial charge >= 0.3 is 0 Å². The highest BCUT2D eigenvalue weighted by Gasteiger charge is 2.48. The lowest BCUT2D eigenvalue weighted by atomic mass is 9.58. The SMILES string of the molecule is CC(C)(C)C1C2C=CC1(C)CCC2. The van der Waals surface area contributed by atoms with E-state index in [1.807, 2.05) is 0 Å². The van der Waals surface area contributed by atoms with Crippen molar-refractivity contribution in [3.8, 4) is 0 Å². The van der Waals surface area contributed by atoms with Gasteiger partial charge in [-0.1, -0.05) is 46.3 Å². The van der Waals surface area contributed by atoms with Crippen molar-refractivity contribution in [2.75, 3.05) is 0 Å². The smallest absolute Gasteiger partial charge is 0.0108 e. The third-order valence-corrected chi connectivity index (χ3v) is 4.05. The van der Waals surface area contributed by atoms with Crippen LogP contribution in [0.15, 0.2) is 12.2 Å². The number of hydrogen-bond acceptors (Lipinski definition) is 0. The zero-order valence-corrected chi connectivity index (χ0v) is 9.43. The highest BCUT2D eigenvalue weighted by atomic mass is 14.5. The number of rotatable bonds is 0. The molecule has 0 aromatic heterocycles. The fourth-order valence-corrected chi connectivity index (χ4v) is 3.90. The summed E-state index contributed by atoms with van der Waals surface area (Å²) < 4.78 is 0. The van der Waals surface area contributed by atoms with E-state index in [-0.39, 0.29) is 0 Å². The molecule has 13 heavy (non-hydrogen) atoms. The molecule has 74 valence electrons. The minimum absolute atomic E-state index is 0.476. The van der Waals surface area contributed by atoms with Crippen LogP contribution in [0.4, 0.5) is 0 Å². The second-order valence-corrected chi connectivity index (χ2v) is 6.26. The van der Waals surface area contributed by atoms with E-state index < -0.39 is 0 Å². The molecule has 0 nitrogen and oxygen atoms in total. The van der Waals surface area contributed by atoms with Crippen LogP contribution in [0.25, 0.3) is 0 Å². The second kappa shape index (κ2) is 2.62. The molecule has 0 aromatic carbocycles. The van der Waals surface area contributed by atoms with Crippen LogP contribution in [0.5, 0.6) is 0 Å². The topological polar surface area (TPSA) is 0 Å². The summed E-state index contributed by atoms with van der Waals surface area (Å²) in [5.41, 5.74) is 0.991. The van der Waals surface area contributed by atoms with E-state index in [2.05, 4.69) is 39.8 Å². The molecule has 3 atom stereocenters. The van der Waals surface area contributed by atoms with Crippen LogP contribution < -0.4 is 0 Å². The summed E-state index contributed by atoms with van der Waals surface area (Å²) in [7, 11) is 0. The molecule has 2 aliphatic rings. The van der Waals surface area contributed by atoms with Gasteiger partial charge in [0, 0.05) is 0 Å². The van der Waals surface area contributed by atoms with Gasteiger partial charge in [0.05, 0.1) is 0 Å². The molecule has 0 radical (unpaired) electrons. The molecule has 0 spiro atoms. The van der Waals surface area contributed by atoms with Crippen molar-refractivity contribution in [1.29, 1.82) is 0 Å². The molecule has 0 saturated heterocycles. The van der Waals surface area contributed by atoms with Gasteiger partial charge in [-0.15, -0.1) is 0 Å². The number of allylic oxidation sites excluding steroid dienone is 2. The normalized spacial score (nSPS) is 44.0. The molecule has 1 fully saturated rings. The lowest BCUT2D eigenvalue weighted by molar-refractivity contribution is 0.0471. The third-order valence-electron chi connectivity index (χ3n) is 4.05. The monoisotopic (exact) mass is 178 g/mol. The maximum atomic E-state index is 2.50. The van der Waals surface area contributed by atoms with Crippen molar-refractivity contribution < 1.29 is 0 Å². The van der Waals surface area contributed by atoms with Crippen molar-refractivity contribution >= 4 is 0 Å².